The molecule has 2 nitrogen and oxygen atoms in total. The Morgan fingerprint density at radius 2 is 2.00 bits per heavy atom. The zero-order valence-electron chi connectivity index (χ0n) is 8.68. The SMILES string of the molecule is CCC(=O)C(C)CC1(O)CCCC1. The number of Topliss-reactive ketones (excluding diaryl/α,β-unsaturated/α-hetero) is 1. The van der Waals surface area contributed by atoms with Crippen LogP contribution in [-0.4, -0.2) is 16.5 Å². The van der Waals surface area contributed by atoms with E-state index in [4.69, 9.17) is 0 Å². The number of aliphatic hydroxyl groups is 1. The molecule has 0 heterocycles. The van der Waals surface area contributed by atoms with Crippen molar-refractivity contribution >= 4 is 5.78 Å². The first-order valence-electron chi connectivity index (χ1n) is 5.32. The molecule has 13 heavy (non-hydrogen) atoms. The summed E-state index contributed by atoms with van der Waals surface area (Å²) in [4.78, 5) is 11.3. The summed E-state index contributed by atoms with van der Waals surface area (Å²) in [5.41, 5.74) is -0.524. The van der Waals surface area contributed by atoms with E-state index in [1.165, 1.54) is 0 Å². The molecule has 1 aliphatic carbocycles. The average molecular weight is 184 g/mol. The molecule has 0 aromatic heterocycles. The maximum Gasteiger partial charge on any atom is 0.135 e. The summed E-state index contributed by atoms with van der Waals surface area (Å²) in [6.45, 7) is 3.82. The summed E-state index contributed by atoms with van der Waals surface area (Å²) >= 11 is 0. The summed E-state index contributed by atoms with van der Waals surface area (Å²) in [6, 6.07) is 0. The third-order valence-electron chi connectivity index (χ3n) is 3.12. The standard InChI is InChI=1S/C11H20O2/c1-3-10(12)9(2)8-11(13)6-4-5-7-11/h9,13H,3-8H2,1-2H3. The lowest BCUT2D eigenvalue weighted by Crippen LogP contribution is -2.29. The van der Waals surface area contributed by atoms with Crippen LogP contribution in [0.25, 0.3) is 0 Å². The van der Waals surface area contributed by atoms with Gasteiger partial charge in [-0.3, -0.25) is 4.79 Å². The van der Waals surface area contributed by atoms with E-state index < -0.39 is 5.60 Å². The number of carbonyl (C=O) groups excluding carboxylic acids is 1. The van der Waals surface area contributed by atoms with Gasteiger partial charge in [-0.2, -0.15) is 0 Å². The minimum Gasteiger partial charge on any atom is -0.390 e. The summed E-state index contributed by atoms with van der Waals surface area (Å²) in [7, 11) is 0. The highest BCUT2D eigenvalue weighted by molar-refractivity contribution is 5.80. The fourth-order valence-electron chi connectivity index (χ4n) is 2.27. The summed E-state index contributed by atoms with van der Waals surface area (Å²) in [5.74, 6) is 0.313. The van der Waals surface area contributed by atoms with Crippen molar-refractivity contribution in [1.29, 1.82) is 0 Å². The van der Waals surface area contributed by atoms with Crippen molar-refractivity contribution in [2.45, 2.75) is 58.0 Å². The van der Waals surface area contributed by atoms with Crippen molar-refractivity contribution in [3.8, 4) is 0 Å². The molecule has 1 aliphatic rings. The normalized spacial score (nSPS) is 23.0. The molecule has 0 bridgehead atoms. The van der Waals surface area contributed by atoms with Gasteiger partial charge in [-0.1, -0.05) is 26.7 Å². The third kappa shape index (κ3) is 2.80. The second-order valence-electron chi connectivity index (χ2n) is 4.36. The second kappa shape index (κ2) is 4.23. The lowest BCUT2D eigenvalue weighted by molar-refractivity contribution is -0.124. The van der Waals surface area contributed by atoms with E-state index in [2.05, 4.69) is 0 Å². The largest absolute Gasteiger partial charge is 0.390 e. The van der Waals surface area contributed by atoms with Crippen LogP contribution in [-0.2, 0) is 4.79 Å². The quantitative estimate of drug-likeness (QED) is 0.728. The van der Waals surface area contributed by atoms with Gasteiger partial charge >= 0.3 is 0 Å². The monoisotopic (exact) mass is 184 g/mol. The summed E-state index contributed by atoms with van der Waals surface area (Å²) < 4.78 is 0. The van der Waals surface area contributed by atoms with Gasteiger partial charge < -0.3 is 5.11 Å². The maximum atomic E-state index is 11.3. The molecule has 0 spiro atoms. The van der Waals surface area contributed by atoms with Gasteiger partial charge in [-0.05, 0) is 19.3 Å². The smallest absolute Gasteiger partial charge is 0.135 e. The third-order valence-corrected chi connectivity index (χ3v) is 3.12. The number of hydrogen-bond donors (Lipinski definition) is 1. The Balaban J connectivity index is 2.42. The fraction of sp³-hybridized carbons (Fsp3) is 0.909. The van der Waals surface area contributed by atoms with Crippen LogP contribution in [0.5, 0.6) is 0 Å². The number of hydrogen-bond acceptors (Lipinski definition) is 2. The molecule has 0 amide bonds. The molecule has 0 radical (unpaired) electrons. The number of ketones is 1. The van der Waals surface area contributed by atoms with Gasteiger partial charge in [-0.25, -0.2) is 0 Å². The van der Waals surface area contributed by atoms with E-state index in [0.29, 0.717) is 12.8 Å². The highest BCUT2D eigenvalue weighted by Gasteiger charge is 2.33. The Hall–Kier alpha value is -0.370. The van der Waals surface area contributed by atoms with Gasteiger partial charge in [0.2, 0.25) is 0 Å². The van der Waals surface area contributed by atoms with Crippen LogP contribution in [0.1, 0.15) is 52.4 Å². The molecule has 1 rings (SSSR count). The van der Waals surface area contributed by atoms with Crippen LogP contribution in [0, 0.1) is 5.92 Å². The van der Waals surface area contributed by atoms with Crippen LogP contribution in [0.3, 0.4) is 0 Å². The lowest BCUT2D eigenvalue weighted by atomic mass is 9.87. The van der Waals surface area contributed by atoms with Crippen LogP contribution in [0.2, 0.25) is 0 Å². The van der Waals surface area contributed by atoms with Crippen molar-refractivity contribution < 1.29 is 9.90 Å². The summed E-state index contributed by atoms with van der Waals surface area (Å²) in [6.07, 6.45) is 5.26. The Morgan fingerprint density at radius 3 is 2.46 bits per heavy atom. The predicted octanol–water partition coefficient (Wildman–Crippen LogP) is 2.30. The van der Waals surface area contributed by atoms with Gasteiger partial charge in [0.1, 0.15) is 5.78 Å². The first-order valence-corrected chi connectivity index (χ1v) is 5.32. The first-order chi connectivity index (χ1) is 6.07. The van der Waals surface area contributed by atoms with Crippen LogP contribution in [0.4, 0.5) is 0 Å². The van der Waals surface area contributed by atoms with Gasteiger partial charge in [0.15, 0.2) is 0 Å². The number of rotatable bonds is 4. The van der Waals surface area contributed by atoms with Crippen molar-refractivity contribution in [3.63, 3.8) is 0 Å². The van der Waals surface area contributed by atoms with Crippen LogP contribution in [0.15, 0.2) is 0 Å². The molecule has 2 heteroatoms. The van der Waals surface area contributed by atoms with Crippen molar-refractivity contribution in [3.05, 3.63) is 0 Å². The maximum absolute atomic E-state index is 11.3. The molecule has 0 aromatic rings. The predicted molar refractivity (Wildman–Crippen MR) is 52.5 cm³/mol. The molecule has 1 fully saturated rings. The number of carbonyl (C=O) groups is 1. The van der Waals surface area contributed by atoms with Crippen LogP contribution >= 0.6 is 0 Å². The van der Waals surface area contributed by atoms with E-state index in [-0.39, 0.29) is 11.7 Å². The zero-order chi connectivity index (χ0) is 9.90. The summed E-state index contributed by atoms with van der Waals surface area (Å²) in [5, 5.41) is 10.1. The van der Waals surface area contributed by atoms with Gasteiger partial charge in [-0.15, -0.1) is 0 Å². The second-order valence-corrected chi connectivity index (χ2v) is 4.36. The highest BCUT2D eigenvalue weighted by atomic mass is 16.3. The molecule has 0 saturated heterocycles. The lowest BCUT2D eigenvalue weighted by Gasteiger charge is -2.25. The fourth-order valence-corrected chi connectivity index (χ4v) is 2.27. The molecule has 1 atom stereocenters. The molecule has 1 saturated carbocycles. The zero-order valence-corrected chi connectivity index (χ0v) is 8.68. The Bertz CT molecular complexity index is 181. The molecule has 76 valence electrons. The molecular weight excluding hydrogens is 164 g/mol. The molecule has 0 aromatic carbocycles. The van der Waals surface area contributed by atoms with Crippen LogP contribution < -0.4 is 0 Å². The average Bonchev–Trinajstić information content (AvgIpc) is 2.50. The minimum absolute atomic E-state index is 0.0353. The Kier molecular flexibility index (Phi) is 3.48. The van der Waals surface area contributed by atoms with E-state index in [9.17, 15) is 9.90 Å². The molecular formula is C11H20O2. The Labute approximate surface area is 80.3 Å². The van der Waals surface area contributed by atoms with Gasteiger partial charge in [0, 0.05) is 12.3 Å². The molecule has 0 aliphatic heterocycles. The topological polar surface area (TPSA) is 37.3 Å². The van der Waals surface area contributed by atoms with Gasteiger partial charge in [0.25, 0.3) is 0 Å². The van der Waals surface area contributed by atoms with Gasteiger partial charge in [0.05, 0.1) is 5.60 Å². The van der Waals surface area contributed by atoms with E-state index in [1.54, 1.807) is 0 Å². The van der Waals surface area contributed by atoms with E-state index in [1.807, 2.05) is 13.8 Å². The minimum atomic E-state index is -0.524. The van der Waals surface area contributed by atoms with Crippen molar-refractivity contribution in [2.24, 2.45) is 5.92 Å². The van der Waals surface area contributed by atoms with E-state index >= 15 is 0 Å². The molecule has 1 unspecified atom stereocenters. The first kappa shape index (κ1) is 10.7. The van der Waals surface area contributed by atoms with Crippen molar-refractivity contribution in [1.82, 2.24) is 0 Å². The molecule has 1 N–H and O–H groups in total. The van der Waals surface area contributed by atoms with E-state index in [0.717, 1.165) is 25.7 Å². The van der Waals surface area contributed by atoms with Crippen molar-refractivity contribution in [2.75, 3.05) is 0 Å². The highest BCUT2D eigenvalue weighted by Crippen LogP contribution is 2.35. The Morgan fingerprint density at radius 1 is 1.46 bits per heavy atom.